The molecule has 0 bridgehead atoms. The van der Waals surface area contributed by atoms with E-state index in [1.165, 1.54) is 4.88 Å². The number of aromatic amines is 1. The number of nitrogens with one attached hydrogen (secondary N) is 1. The van der Waals surface area contributed by atoms with E-state index >= 15 is 0 Å². The predicted octanol–water partition coefficient (Wildman–Crippen LogP) is 3.54. The standard InChI is InChI=1S/C17H27N3OS/c1-5-14(12-21)20(11-15-7-6-8-22-15)10-13-9-16(19-18-13)17(2,3)4/h6-9,14,21H,5,10-12H2,1-4H3,(H,18,19)/t14-/m0/s1. The molecule has 0 aromatic carbocycles. The van der Waals surface area contributed by atoms with Crippen molar-refractivity contribution in [2.75, 3.05) is 6.61 Å². The van der Waals surface area contributed by atoms with Crippen molar-refractivity contribution in [3.05, 3.63) is 39.8 Å². The predicted molar refractivity (Wildman–Crippen MR) is 92.0 cm³/mol. The van der Waals surface area contributed by atoms with E-state index in [-0.39, 0.29) is 18.1 Å². The molecule has 2 rings (SSSR count). The summed E-state index contributed by atoms with van der Waals surface area (Å²) in [4.78, 5) is 3.65. The topological polar surface area (TPSA) is 52.1 Å². The highest BCUT2D eigenvalue weighted by molar-refractivity contribution is 7.09. The van der Waals surface area contributed by atoms with Crippen LogP contribution in [0.25, 0.3) is 0 Å². The van der Waals surface area contributed by atoms with E-state index in [1.54, 1.807) is 11.3 Å². The maximum absolute atomic E-state index is 9.67. The third-order valence-electron chi connectivity index (χ3n) is 3.91. The van der Waals surface area contributed by atoms with E-state index in [4.69, 9.17) is 0 Å². The Morgan fingerprint density at radius 2 is 2.14 bits per heavy atom. The molecule has 22 heavy (non-hydrogen) atoms. The normalized spacial score (nSPS) is 13.7. The Hall–Kier alpha value is -1.17. The van der Waals surface area contributed by atoms with Gasteiger partial charge in [0.05, 0.1) is 12.3 Å². The van der Waals surface area contributed by atoms with Crippen molar-refractivity contribution >= 4 is 11.3 Å². The molecule has 0 saturated heterocycles. The van der Waals surface area contributed by atoms with E-state index in [0.29, 0.717) is 0 Å². The molecule has 4 nitrogen and oxygen atoms in total. The number of aliphatic hydroxyl groups is 1. The van der Waals surface area contributed by atoms with Crippen LogP contribution < -0.4 is 0 Å². The van der Waals surface area contributed by atoms with Crippen molar-refractivity contribution in [2.24, 2.45) is 0 Å². The molecule has 2 N–H and O–H groups in total. The van der Waals surface area contributed by atoms with Gasteiger partial charge in [0.1, 0.15) is 0 Å². The van der Waals surface area contributed by atoms with Crippen LogP contribution in [0, 0.1) is 0 Å². The quantitative estimate of drug-likeness (QED) is 0.820. The number of aliphatic hydroxyl groups excluding tert-OH is 1. The van der Waals surface area contributed by atoms with Gasteiger partial charge >= 0.3 is 0 Å². The maximum Gasteiger partial charge on any atom is 0.0678 e. The average Bonchev–Trinajstić information content (AvgIpc) is 3.10. The molecule has 0 radical (unpaired) electrons. The van der Waals surface area contributed by atoms with E-state index < -0.39 is 0 Å². The molecule has 2 heterocycles. The molecule has 0 aliphatic rings. The van der Waals surface area contributed by atoms with E-state index in [9.17, 15) is 5.11 Å². The van der Waals surface area contributed by atoms with Gasteiger partial charge in [-0.15, -0.1) is 11.3 Å². The first kappa shape index (κ1) is 17.2. The number of aromatic nitrogens is 2. The zero-order chi connectivity index (χ0) is 16.2. The Morgan fingerprint density at radius 3 is 2.64 bits per heavy atom. The van der Waals surface area contributed by atoms with Gasteiger partial charge in [-0.1, -0.05) is 33.8 Å². The van der Waals surface area contributed by atoms with Crippen molar-refractivity contribution in [3.8, 4) is 0 Å². The third-order valence-corrected chi connectivity index (χ3v) is 4.77. The van der Waals surface area contributed by atoms with Crippen LogP contribution >= 0.6 is 11.3 Å². The van der Waals surface area contributed by atoms with Crippen LogP contribution in [0.3, 0.4) is 0 Å². The summed E-state index contributed by atoms with van der Waals surface area (Å²) in [6.45, 7) is 10.4. The molecule has 0 unspecified atom stereocenters. The molecule has 0 aliphatic carbocycles. The lowest BCUT2D eigenvalue weighted by molar-refractivity contribution is 0.106. The van der Waals surface area contributed by atoms with Crippen molar-refractivity contribution in [1.29, 1.82) is 0 Å². The van der Waals surface area contributed by atoms with E-state index in [1.807, 2.05) is 0 Å². The molecule has 2 aromatic heterocycles. The lowest BCUT2D eigenvalue weighted by Crippen LogP contribution is -2.36. The third kappa shape index (κ3) is 4.41. The minimum atomic E-state index is 0.0501. The number of H-pyrrole nitrogens is 1. The molecule has 5 heteroatoms. The first-order valence-electron chi connectivity index (χ1n) is 7.86. The molecule has 1 atom stereocenters. The van der Waals surface area contributed by atoms with Crippen LogP contribution in [0.5, 0.6) is 0 Å². The van der Waals surface area contributed by atoms with Crippen LogP contribution in [0.1, 0.15) is 50.4 Å². The minimum Gasteiger partial charge on any atom is -0.395 e. The fourth-order valence-electron chi connectivity index (χ4n) is 2.47. The highest BCUT2D eigenvalue weighted by Crippen LogP contribution is 2.22. The maximum atomic E-state index is 9.67. The highest BCUT2D eigenvalue weighted by Gasteiger charge is 2.21. The van der Waals surface area contributed by atoms with Crippen LogP contribution in [0.2, 0.25) is 0 Å². The van der Waals surface area contributed by atoms with Crippen molar-refractivity contribution < 1.29 is 5.11 Å². The van der Waals surface area contributed by atoms with Crippen LogP contribution in [-0.4, -0.2) is 32.9 Å². The Kier molecular flexibility index (Phi) is 5.78. The summed E-state index contributed by atoms with van der Waals surface area (Å²) in [5.74, 6) is 0. The van der Waals surface area contributed by atoms with Gasteiger partial charge < -0.3 is 5.11 Å². The number of hydrogen-bond donors (Lipinski definition) is 2. The monoisotopic (exact) mass is 321 g/mol. The van der Waals surface area contributed by atoms with Crippen molar-refractivity contribution in [1.82, 2.24) is 15.1 Å². The molecular weight excluding hydrogens is 294 g/mol. The summed E-state index contributed by atoms with van der Waals surface area (Å²) >= 11 is 1.76. The smallest absolute Gasteiger partial charge is 0.0678 e. The number of nitrogens with zero attached hydrogens (tertiary/aromatic N) is 2. The summed E-state index contributed by atoms with van der Waals surface area (Å²) in [5, 5.41) is 19.4. The number of hydrogen-bond acceptors (Lipinski definition) is 4. The molecule has 0 aliphatic heterocycles. The first-order chi connectivity index (χ1) is 10.4. The van der Waals surface area contributed by atoms with Gasteiger partial charge in [-0.05, 0) is 23.9 Å². The van der Waals surface area contributed by atoms with Crippen LogP contribution in [-0.2, 0) is 18.5 Å². The summed E-state index contributed by atoms with van der Waals surface area (Å²) in [7, 11) is 0. The largest absolute Gasteiger partial charge is 0.395 e. The van der Waals surface area contributed by atoms with E-state index in [0.717, 1.165) is 30.9 Å². The molecule has 122 valence electrons. The second-order valence-corrected chi connectivity index (χ2v) is 7.79. The zero-order valence-electron chi connectivity index (χ0n) is 14.0. The first-order valence-corrected chi connectivity index (χ1v) is 8.74. The fraction of sp³-hybridized carbons (Fsp3) is 0.588. The fourth-order valence-corrected chi connectivity index (χ4v) is 3.19. The Labute approximate surface area is 137 Å². The molecule has 2 aromatic rings. The molecule has 0 fully saturated rings. The Morgan fingerprint density at radius 1 is 1.36 bits per heavy atom. The molecule has 0 amide bonds. The summed E-state index contributed by atoms with van der Waals surface area (Å²) < 4.78 is 0. The SMILES string of the molecule is CC[C@@H](CO)N(Cc1cc(C(C)(C)C)n[nH]1)Cc1cccs1. The second-order valence-electron chi connectivity index (χ2n) is 6.76. The average molecular weight is 321 g/mol. The van der Waals surface area contributed by atoms with E-state index in [2.05, 4.69) is 66.4 Å². The Balaban J connectivity index is 2.13. The number of rotatable bonds is 7. The van der Waals surface area contributed by atoms with Crippen LogP contribution in [0.4, 0.5) is 0 Å². The number of thiophene rings is 1. The van der Waals surface area contributed by atoms with Crippen molar-refractivity contribution in [2.45, 2.75) is 58.7 Å². The summed E-state index contributed by atoms with van der Waals surface area (Å²) in [6.07, 6.45) is 0.933. The molecule has 0 spiro atoms. The minimum absolute atomic E-state index is 0.0501. The second kappa shape index (κ2) is 7.40. The van der Waals surface area contributed by atoms with Crippen molar-refractivity contribution in [3.63, 3.8) is 0 Å². The molecular formula is C17H27N3OS. The van der Waals surface area contributed by atoms with Gasteiger partial charge in [0.15, 0.2) is 0 Å². The van der Waals surface area contributed by atoms with Gasteiger partial charge in [-0.25, -0.2) is 0 Å². The molecule has 0 saturated carbocycles. The van der Waals surface area contributed by atoms with Gasteiger partial charge in [0.25, 0.3) is 0 Å². The van der Waals surface area contributed by atoms with Crippen LogP contribution in [0.15, 0.2) is 23.6 Å². The van der Waals surface area contributed by atoms with Gasteiger partial charge in [0, 0.05) is 35.1 Å². The lowest BCUT2D eigenvalue weighted by Gasteiger charge is -2.28. The van der Waals surface area contributed by atoms with Gasteiger partial charge in [-0.2, -0.15) is 5.10 Å². The zero-order valence-corrected chi connectivity index (χ0v) is 14.8. The lowest BCUT2D eigenvalue weighted by atomic mass is 9.92. The van der Waals surface area contributed by atoms with Gasteiger partial charge in [-0.3, -0.25) is 10.00 Å². The Bertz CT molecular complexity index is 553. The highest BCUT2D eigenvalue weighted by atomic mass is 32.1. The van der Waals surface area contributed by atoms with Gasteiger partial charge in [0.2, 0.25) is 0 Å². The summed E-state index contributed by atoms with van der Waals surface area (Å²) in [5.41, 5.74) is 2.23. The summed E-state index contributed by atoms with van der Waals surface area (Å²) in [6, 6.07) is 6.54.